The molecule has 0 aliphatic heterocycles. The first-order valence-electron chi connectivity index (χ1n) is 7.50. The molecule has 0 fully saturated rings. The minimum Gasteiger partial charge on any atom is -0.504 e. The number of aryl methyl sites for hydroxylation is 2. The number of hydrogen-bond acceptors (Lipinski definition) is 4. The molecule has 0 aliphatic rings. The Balaban J connectivity index is 2.35. The van der Waals surface area contributed by atoms with E-state index in [1.165, 1.54) is 12.1 Å². The van der Waals surface area contributed by atoms with Gasteiger partial charge in [0.15, 0.2) is 11.5 Å². The SMILES string of the molecule is CC(C)(O)/C=C/c1c(CCc2ccccc2)cc(O)c(O)c1O. The maximum Gasteiger partial charge on any atom is 0.200 e. The Morgan fingerprint density at radius 2 is 1.61 bits per heavy atom. The van der Waals surface area contributed by atoms with E-state index in [-0.39, 0.29) is 11.5 Å². The zero-order valence-electron chi connectivity index (χ0n) is 13.3. The number of rotatable bonds is 5. The second-order valence-electron chi connectivity index (χ2n) is 6.14. The van der Waals surface area contributed by atoms with E-state index >= 15 is 0 Å². The van der Waals surface area contributed by atoms with Crippen LogP contribution in [-0.4, -0.2) is 26.0 Å². The van der Waals surface area contributed by atoms with Crippen LogP contribution in [0.1, 0.15) is 30.5 Å². The van der Waals surface area contributed by atoms with Gasteiger partial charge in [0.1, 0.15) is 0 Å². The Hall–Kier alpha value is -2.46. The zero-order valence-corrected chi connectivity index (χ0v) is 13.3. The molecule has 0 aromatic heterocycles. The largest absolute Gasteiger partial charge is 0.504 e. The summed E-state index contributed by atoms with van der Waals surface area (Å²) in [6.45, 7) is 3.23. The number of phenols is 3. The third-order valence-corrected chi connectivity index (χ3v) is 3.56. The molecule has 0 saturated carbocycles. The number of benzene rings is 2. The molecule has 2 rings (SSSR count). The minimum absolute atomic E-state index is 0.356. The average Bonchev–Trinajstić information content (AvgIpc) is 2.50. The van der Waals surface area contributed by atoms with Crippen LogP contribution in [0.25, 0.3) is 6.08 Å². The standard InChI is InChI=1S/C19H22O4/c1-19(2,23)11-10-15-14(12-16(20)18(22)17(15)21)9-8-13-6-4-3-5-7-13/h3-7,10-12,20-23H,8-9H2,1-2H3/b11-10+. The number of hydrogen-bond donors (Lipinski definition) is 4. The smallest absolute Gasteiger partial charge is 0.200 e. The lowest BCUT2D eigenvalue weighted by Crippen LogP contribution is -2.13. The van der Waals surface area contributed by atoms with Crippen molar-refractivity contribution in [2.45, 2.75) is 32.3 Å². The molecule has 0 aliphatic carbocycles. The van der Waals surface area contributed by atoms with Crippen molar-refractivity contribution < 1.29 is 20.4 Å². The third kappa shape index (κ3) is 4.50. The molecule has 0 unspecified atom stereocenters. The number of aromatic hydroxyl groups is 3. The van der Waals surface area contributed by atoms with E-state index in [2.05, 4.69) is 0 Å². The second kappa shape index (κ2) is 6.75. The first-order chi connectivity index (χ1) is 10.8. The molecule has 122 valence electrons. The van der Waals surface area contributed by atoms with Crippen LogP contribution in [0.2, 0.25) is 0 Å². The van der Waals surface area contributed by atoms with Gasteiger partial charge >= 0.3 is 0 Å². The van der Waals surface area contributed by atoms with Gasteiger partial charge in [0.2, 0.25) is 5.75 Å². The van der Waals surface area contributed by atoms with Gasteiger partial charge in [-0.15, -0.1) is 0 Å². The van der Waals surface area contributed by atoms with Crippen LogP contribution in [0.15, 0.2) is 42.5 Å². The van der Waals surface area contributed by atoms with Crippen molar-refractivity contribution in [3.8, 4) is 17.2 Å². The lowest BCUT2D eigenvalue weighted by molar-refractivity contribution is 0.134. The molecule has 2 aromatic rings. The van der Waals surface area contributed by atoms with Gasteiger partial charge in [-0.1, -0.05) is 42.5 Å². The van der Waals surface area contributed by atoms with E-state index < -0.39 is 11.4 Å². The van der Waals surface area contributed by atoms with E-state index in [1.807, 2.05) is 30.3 Å². The lowest BCUT2D eigenvalue weighted by atomic mass is 9.96. The van der Waals surface area contributed by atoms with Crippen LogP contribution in [-0.2, 0) is 12.8 Å². The van der Waals surface area contributed by atoms with Crippen molar-refractivity contribution in [1.82, 2.24) is 0 Å². The molecule has 4 nitrogen and oxygen atoms in total. The third-order valence-electron chi connectivity index (χ3n) is 3.56. The van der Waals surface area contributed by atoms with E-state index in [0.717, 1.165) is 12.0 Å². The van der Waals surface area contributed by atoms with Gasteiger partial charge in [-0.3, -0.25) is 0 Å². The van der Waals surface area contributed by atoms with Gasteiger partial charge in [-0.25, -0.2) is 0 Å². The molecular weight excluding hydrogens is 292 g/mol. The summed E-state index contributed by atoms with van der Waals surface area (Å²) in [7, 11) is 0. The molecule has 0 bridgehead atoms. The molecule has 0 amide bonds. The predicted molar refractivity (Wildman–Crippen MR) is 90.6 cm³/mol. The van der Waals surface area contributed by atoms with Gasteiger partial charge in [-0.05, 0) is 43.9 Å². The molecule has 23 heavy (non-hydrogen) atoms. The quantitative estimate of drug-likeness (QED) is 0.638. The van der Waals surface area contributed by atoms with Gasteiger partial charge in [0.25, 0.3) is 0 Å². The Morgan fingerprint density at radius 1 is 0.957 bits per heavy atom. The van der Waals surface area contributed by atoms with Crippen LogP contribution in [0.3, 0.4) is 0 Å². The Kier molecular flexibility index (Phi) is 4.96. The summed E-state index contributed by atoms with van der Waals surface area (Å²) in [6.07, 6.45) is 4.41. The Bertz CT molecular complexity index is 698. The molecule has 0 spiro atoms. The highest BCUT2D eigenvalue weighted by Gasteiger charge is 2.16. The fraction of sp³-hybridized carbons (Fsp3) is 0.263. The highest BCUT2D eigenvalue weighted by Crippen LogP contribution is 2.40. The monoisotopic (exact) mass is 314 g/mol. The van der Waals surface area contributed by atoms with Crippen molar-refractivity contribution >= 4 is 6.08 Å². The van der Waals surface area contributed by atoms with E-state index in [4.69, 9.17) is 0 Å². The first kappa shape index (κ1) is 16.9. The molecule has 0 atom stereocenters. The van der Waals surface area contributed by atoms with E-state index in [9.17, 15) is 20.4 Å². The van der Waals surface area contributed by atoms with E-state index in [0.29, 0.717) is 17.5 Å². The molecule has 4 heteroatoms. The normalized spacial score (nSPS) is 12.0. The zero-order chi connectivity index (χ0) is 17.0. The van der Waals surface area contributed by atoms with Crippen molar-refractivity contribution in [3.05, 3.63) is 59.2 Å². The Labute approximate surface area is 136 Å². The van der Waals surface area contributed by atoms with Crippen LogP contribution < -0.4 is 0 Å². The maximum absolute atomic E-state index is 10.1. The summed E-state index contributed by atoms with van der Waals surface area (Å²) in [4.78, 5) is 0. The summed E-state index contributed by atoms with van der Waals surface area (Å²) in [5, 5.41) is 39.4. The van der Waals surface area contributed by atoms with Crippen LogP contribution in [0.5, 0.6) is 17.2 Å². The number of phenolic OH excluding ortho intramolecular Hbond substituents is 3. The molecule has 2 aromatic carbocycles. The molecule has 0 heterocycles. The summed E-state index contributed by atoms with van der Waals surface area (Å²) < 4.78 is 0. The summed E-state index contributed by atoms with van der Waals surface area (Å²) in [5.74, 6) is -1.29. The van der Waals surface area contributed by atoms with Gasteiger partial charge < -0.3 is 20.4 Å². The van der Waals surface area contributed by atoms with Crippen molar-refractivity contribution in [1.29, 1.82) is 0 Å². The predicted octanol–water partition coefficient (Wildman–Crippen LogP) is 3.37. The molecular formula is C19H22O4. The highest BCUT2D eigenvalue weighted by atomic mass is 16.3. The van der Waals surface area contributed by atoms with Gasteiger partial charge in [-0.2, -0.15) is 0 Å². The van der Waals surface area contributed by atoms with Crippen molar-refractivity contribution in [2.75, 3.05) is 0 Å². The van der Waals surface area contributed by atoms with Crippen LogP contribution >= 0.6 is 0 Å². The fourth-order valence-corrected chi connectivity index (χ4v) is 2.32. The van der Waals surface area contributed by atoms with Crippen LogP contribution in [0.4, 0.5) is 0 Å². The summed E-state index contributed by atoms with van der Waals surface area (Å²) in [6, 6.07) is 11.3. The minimum atomic E-state index is -1.04. The van der Waals surface area contributed by atoms with Crippen molar-refractivity contribution in [2.24, 2.45) is 0 Å². The van der Waals surface area contributed by atoms with Crippen LogP contribution in [0, 0.1) is 0 Å². The van der Waals surface area contributed by atoms with Gasteiger partial charge in [0, 0.05) is 5.56 Å². The molecule has 0 saturated heterocycles. The first-order valence-corrected chi connectivity index (χ1v) is 7.50. The van der Waals surface area contributed by atoms with Crippen molar-refractivity contribution in [3.63, 3.8) is 0 Å². The number of aliphatic hydroxyl groups is 1. The van der Waals surface area contributed by atoms with E-state index in [1.54, 1.807) is 19.9 Å². The fourth-order valence-electron chi connectivity index (χ4n) is 2.32. The van der Waals surface area contributed by atoms with Gasteiger partial charge in [0.05, 0.1) is 5.60 Å². The maximum atomic E-state index is 10.1. The average molecular weight is 314 g/mol. The summed E-state index contributed by atoms with van der Waals surface area (Å²) >= 11 is 0. The highest BCUT2D eigenvalue weighted by molar-refractivity contribution is 5.69. The molecule has 4 N–H and O–H groups in total. The topological polar surface area (TPSA) is 80.9 Å². The lowest BCUT2D eigenvalue weighted by Gasteiger charge is -2.14. The summed E-state index contributed by atoms with van der Waals surface area (Å²) in [5.41, 5.74) is 1.19. The second-order valence-corrected chi connectivity index (χ2v) is 6.14. The Morgan fingerprint density at radius 3 is 2.22 bits per heavy atom. The molecule has 0 radical (unpaired) electrons.